The minimum absolute atomic E-state index is 0.318. The van der Waals surface area contributed by atoms with Gasteiger partial charge in [0.05, 0.1) is 6.20 Å². The molecular weight excluding hydrogens is 218 g/mol. The molecule has 0 unspecified atom stereocenters. The van der Waals surface area contributed by atoms with Crippen molar-refractivity contribution in [2.45, 2.75) is 51.7 Å². The van der Waals surface area contributed by atoms with E-state index in [-0.39, 0.29) is 0 Å². The molecular formula is C12H19N3O2. The number of aryl methyl sites for hydroxylation is 1. The van der Waals surface area contributed by atoms with Crippen molar-refractivity contribution >= 4 is 5.97 Å². The predicted octanol–water partition coefficient (Wildman–Crippen LogP) is 1.63. The molecule has 1 aliphatic carbocycles. The third kappa shape index (κ3) is 2.66. The maximum atomic E-state index is 11.2. The molecule has 1 fully saturated rings. The summed E-state index contributed by atoms with van der Waals surface area (Å²) in [6, 6.07) is 0.543. The first kappa shape index (κ1) is 12.1. The van der Waals surface area contributed by atoms with Crippen LogP contribution in [-0.4, -0.2) is 26.9 Å². The molecule has 0 spiro atoms. The molecule has 5 heteroatoms. The molecule has 17 heavy (non-hydrogen) atoms. The summed E-state index contributed by atoms with van der Waals surface area (Å²) in [6.07, 6.45) is 6.61. The lowest BCUT2D eigenvalue weighted by Crippen LogP contribution is -2.26. The molecule has 5 nitrogen and oxygen atoms in total. The quantitative estimate of drug-likeness (QED) is 0.817. The molecule has 2 rings (SSSR count). The Morgan fingerprint density at radius 2 is 2.29 bits per heavy atom. The van der Waals surface area contributed by atoms with Gasteiger partial charge in [-0.25, -0.2) is 4.79 Å². The summed E-state index contributed by atoms with van der Waals surface area (Å²) in [6.45, 7) is 3.09. The highest BCUT2D eigenvalue weighted by Gasteiger charge is 2.19. The molecule has 1 saturated carbocycles. The fourth-order valence-corrected chi connectivity index (χ4v) is 2.43. The van der Waals surface area contributed by atoms with E-state index in [0.29, 0.717) is 24.8 Å². The SMILES string of the molecule is CCn1ncc(CNC2CCCC2)c1C(=O)O. The molecule has 0 aromatic carbocycles. The number of hydrogen-bond donors (Lipinski definition) is 2. The second-order valence-electron chi connectivity index (χ2n) is 4.50. The Morgan fingerprint density at radius 3 is 2.88 bits per heavy atom. The van der Waals surface area contributed by atoms with Gasteiger partial charge in [0.25, 0.3) is 0 Å². The van der Waals surface area contributed by atoms with Gasteiger partial charge in [0.1, 0.15) is 0 Å². The highest BCUT2D eigenvalue weighted by atomic mass is 16.4. The largest absolute Gasteiger partial charge is 0.477 e. The number of carboxylic acids is 1. The molecule has 1 aromatic rings. The Balaban J connectivity index is 2.04. The summed E-state index contributed by atoms with van der Waals surface area (Å²) >= 11 is 0. The first-order chi connectivity index (χ1) is 8.22. The molecule has 0 radical (unpaired) electrons. The number of nitrogens with zero attached hydrogens (tertiary/aromatic N) is 2. The van der Waals surface area contributed by atoms with Crippen LogP contribution in [-0.2, 0) is 13.1 Å². The lowest BCUT2D eigenvalue weighted by Gasteiger charge is -2.11. The number of aromatic carboxylic acids is 1. The van der Waals surface area contributed by atoms with E-state index in [1.165, 1.54) is 30.4 Å². The molecule has 2 N–H and O–H groups in total. The maximum absolute atomic E-state index is 11.2. The number of aromatic nitrogens is 2. The van der Waals surface area contributed by atoms with Crippen LogP contribution in [0.2, 0.25) is 0 Å². The molecule has 1 aromatic heterocycles. The second-order valence-corrected chi connectivity index (χ2v) is 4.50. The molecule has 0 aliphatic heterocycles. The Hall–Kier alpha value is -1.36. The number of carboxylic acid groups (broad SMARTS) is 1. The van der Waals surface area contributed by atoms with Crippen molar-refractivity contribution < 1.29 is 9.90 Å². The second kappa shape index (κ2) is 5.31. The van der Waals surface area contributed by atoms with Gasteiger partial charge >= 0.3 is 5.97 Å². The molecule has 0 bridgehead atoms. The van der Waals surface area contributed by atoms with Gasteiger partial charge in [0.15, 0.2) is 5.69 Å². The third-order valence-electron chi connectivity index (χ3n) is 3.35. The molecule has 1 aliphatic rings. The van der Waals surface area contributed by atoms with Crippen molar-refractivity contribution in [3.05, 3.63) is 17.5 Å². The van der Waals surface area contributed by atoms with Gasteiger partial charge in [0.2, 0.25) is 0 Å². The van der Waals surface area contributed by atoms with Gasteiger partial charge in [0, 0.05) is 24.7 Å². The highest BCUT2D eigenvalue weighted by molar-refractivity contribution is 5.87. The van der Waals surface area contributed by atoms with Crippen molar-refractivity contribution in [1.82, 2.24) is 15.1 Å². The number of hydrogen-bond acceptors (Lipinski definition) is 3. The van der Waals surface area contributed by atoms with Crippen molar-refractivity contribution in [2.24, 2.45) is 0 Å². The van der Waals surface area contributed by atoms with Gasteiger partial charge < -0.3 is 10.4 Å². The van der Waals surface area contributed by atoms with Gasteiger partial charge in [-0.2, -0.15) is 5.10 Å². The van der Waals surface area contributed by atoms with E-state index in [1.807, 2.05) is 6.92 Å². The first-order valence-electron chi connectivity index (χ1n) is 6.23. The van der Waals surface area contributed by atoms with Crippen LogP contribution >= 0.6 is 0 Å². The Kier molecular flexibility index (Phi) is 3.78. The fourth-order valence-electron chi connectivity index (χ4n) is 2.43. The molecule has 94 valence electrons. The lowest BCUT2D eigenvalue weighted by molar-refractivity contribution is 0.0682. The fraction of sp³-hybridized carbons (Fsp3) is 0.667. The summed E-state index contributed by atoms with van der Waals surface area (Å²) in [5.74, 6) is -0.896. The monoisotopic (exact) mass is 237 g/mol. The zero-order chi connectivity index (χ0) is 12.3. The van der Waals surface area contributed by atoms with Crippen LogP contribution in [0.5, 0.6) is 0 Å². The smallest absolute Gasteiger partial charge is 0.354 e. The standard InChI is InChI=1S/C12H19N3O2/c1-2-15-11(12(16)17)9(8-14-15)7-13-10-5-3-4-6-10/h8,10,13H,2-7H2,1H3,(H,16,17). The van der Waals surface area contributed by atoms with Gasteiger partial charge in [-0.05, 0) is 19.8 Å². The van der Waals surface area contributed by atoms with E-state index in [2.05, 4.69) is 10.4 Å². The van der Waals surface area contributed by atoms with E-state index in [9.17, 15) is 4.79 Å². The summed E-state index contributed by atoms with van der Waals surface area (Å²) in [4.78, 5) is 11.2. The van der Waals surface area contributed by atoms with Crippen LogP contribution in [0.3, 0.4) is 0 Å². The van der Waals surface area contributed by atoms with Crippen LogP contribution in [0, 0.1) is 0 Å². The van der Waals surface area contributed by atoms with Crippen LogP contribution < -0.4 is 5.32 Å². The zero-order valence-corrected chi connectivity index (χ0v) is 10.1. The summed E-state index contributed by atoms with van der Waals surface area (Å²) in [7, 11) is 0. The zero-order valence-electron chi connectivity index (χ0n) is 10.1. The number of nitrogens with one attached hydrogen (secondary N) is 1. The van der Waals surface area contributed by atoms with E-state index >= 15 is 0 Å². The Bertz CT molecular complexity index is 394. The van der Waals surface area contributed by atoms with Crippen molar-refractivity contribution in [3.63, 3.8) is 0 Å². The Labute approximate surface area is 101 Å². The first-order valence-corrected chi connectivity index (χ1v) is 6.23. The van der Waals surface area contributed by atoms with Crippen LogP contribution in [0.15, 0.2) is 6.20 Å². The summed E-state index contributed by atoms with van der Waals surface area (Å²) in [5, 5.41) is 16.7. The minimum Gasteiger partial charge on any atom is -0.477 e. The average Bonchev–Trinajstić information content (AvgIpc) is 2.95. The van der Waals surface area contributed by atoms with Crippen molar-refractivity contribution in [3.8, 4) is 0 Å². The van der Waals surface area contributed by atoms with E-state index in [4.69, 9.17) is 5.11 Å². The Morgan fingerprint density at radius 1 is 1.59 bits per heavy atom. The number of carbonyl (C=O) groups is 1. The van der Waals surface area contributed by atoms with Crippen LogP contribution in [0.4, 0.5) is 0 Å². The maximum Gasteiger partial charge on any atom is 0.354 e. The summed E-state index contributed by atoms with van der Waals surface area (Å²) < 4.78 is 1.54. The minimum atomic E-state index is -0.896. The average molecular weight is 237 g/mol. The van der Waals surface area contributed by atoms with E-state index < -0.39 is 5.97 Å². The van der Waals surface area contributed by atoms with Gasteiger partial charge in [-0.3, -0.25) is 4.68 Å². The van der Waals surface area contributed by atoms with E-state index in [0.717, 1.165) is 5.56 Å². The molecule has 0 saturated heterocycles. The van der Waals surface area contributed by atoms with Gasteiger partial charge in [-0.1, -0.05) is 12.8 Å². The normalized spacial score (nSPS) is 16.5. The van der Waals surface area contributed by atoms with Crippen LogP contribution in [0.25, 0.3) is 0 Å². The lowest BCUT2D eigenvalue weighted by atomic mass is 10.2. The predicted molar refractivity (Wildman–Crippen MR) is 64.0 cm³/mol. The summed E-state index contributed by atoms with van der Waals surface area (Å²) in [5.41, 5.74) is 1.10. The number of rotatable bonds is 5. The van der Waals surface area contributed by atoms with E-state index in [1.54, 1.807) is 6.20 Å². The van der Waals surface area contributed by atoms with Gasteiger partial charge in [-0.15, -0.1) is 0 Å². The molecule has 0 amide bonds. The molecule has 1 heterocycles. The topological polar surface area (TPSA) is 67.2 Å². The molecule has 0 atom stereocenters. The van der Waals surface area contributed by atoms with Crippen LogP contribution in [0.1, 0.15) is 48.7 Å². The van der Waals surface area contributed by atoms with Crippen molar-refractivity contribution in [1.29, 1.82) is 0 Å². The highest BCUT2D eigenvalue weighted by Crippen LogP contribution is 2.18. The van der Waals surface area contributed by atoms with Crippen molar-refractivity contribution in [2.75, 3.05) is 0 Å². The third-order valence-corrected chi connectivity index (χ3v) is 3.35.